The number of nitriles is 1. The molecule has 2 aromatic rings. The molecule has 2 heterocycles. The molecule has 18 heavy (non-hydrogen) atoms. The Balaban J connectivity index is 2.16. The van der Waals surface area contributed by atoms with Gasteiger partial charge in [0.05, 0.1) is 6.04 Å². The van der Waals surface area contributed by atoms with Crippen LogP contribution in [0.15, 0.2) is 29.8 Å². The monoisotopic (exact) mass is 258 g/mol. The summed E-state index contributed by atoms with van der Waals surface area (Å²) in [5.74, 6) is 0.515. The Hall–Kier alpha value is -1.93. The van der Waals surface area contributed by atoms with E-state index >= 15 is 0 Å². The van der Waals surface area contributed by atoms with Gasteiger partial charge in [-0.15, -0.1) is 11.3 Å². The highest BCUT2D eigenvalue weighted by atomic mass is 32.1. The summed E-state index contributed by atoms with van der Waals surface area (Å²) >= 11 is 1.72. The summed E-state index contributed by atoms with van der Waals surface area (Å²) < 4.78 is 0. The average molecular weight is 258 g/mol. The second-order valence-electron chi connectivity index (χ2n) is 3.88. The van der Waals surface area contributed by atoms with E-state index in [-0.39, 0.29) is 6.04 Å². The lowest BCUT2D eigenvalue weighted by Gasteiger charge is -2.16. The summed E-state index contributed by atoms with van der Waals surface area (Å²) in [6.45, 7) is 2.15. The van der Waals surface area contributed by atoms with Crippen LogP contribution in [0.5, 0.6) is 0 Å². The largest absolute Gasteiger partial charge is 0.347 e. The fourth-order valence-corrected chi connectivity index (χ4v) is 2.52. The van der Waals surface area contributed by atoms with Crippen molar-refractivity contribution in [2.24, 2.45) is 0 Å². The summed E-state index contributed by atoms with van der Waals surface area (Å²) in [6, 6.07) is 7.98. The normalized spacial score (nSPS) is 11.8. The molecule has 0 saturated carbocycles. The third-order valence-corrected chi connectivity index (χ3v) is 3.52. The van der Waals surface area contributed by atoms with Gasteiger partial charge >= 0.3 is 0 Å². The van der Waals surface area contributed by atoms with Crippen molar-refractivity contribution in [3.8, 4) is 6.07 Å². The second-order valence-corrected chi connectivity index (χ2v) is 4.86. The minimum Gasteiger partial charge on any atom is -0.347 e. The number of hydrogen-bond acceptors (Lipinski definition) is 5. The third-order valence-electron chi connectivity index (χ3n) is 2.54. The van der Waals surface area contributed by atoms with E-state index in [0.717, 1.165) is 12.8 Å². The van der Waals surface area contributed by atoms with Crippen molar-refractivity contribution in [1.29, 1.82) is 5.26 Å². The maximum atomic E-state index is 8.82. The van der Waals surface area contributed by atoms with Gasteiger partial charge in [0.15, 0.2) is 0 Å². The number of thiophene rings is 1. The lowest BCUT2D eigenvalue weighted by molar-refractivity contribution is 0.680. The van der Waals surface area contributed by atoms with Crippen LogP contribution in [0.3, 0.4) is 0 Å². The van der Waals surface area contributed by atoms with Crippen molar-refractivity contribution in [2.45, 2.75) is 25.8 Å². The van der Waals surface area contributed by atoms with Gasteiger partial charge in [-0.05, 0) is 23.9 Å². The van der Waals surface area contributed by atoms with Crippen LogP contribution in [0.1, 0.15) is 36.4 Å². The number of nitrogens with one attached hydrogen (secondary N) is 1. The lowest BCUT2D eigenvalue weighted by atomic mass is 10.1. The van der Waals surface area contributed by atoms with E-state index in [1.165, 1.54) is 4.88 Å². The smallest absolute Gasteiger partial charge is 0.224 e. The zero-order valence-electron chi connectivity index (χ0n) is 10.1. The molecule has 0 aliphatic rings. The van der Waals surface area contributed by atoms with Gasteiger partial charge in [-0.25, -0.2) is 9.97 Å². The van der Waals surface area contributed by atoms with Crippen molar-refractivity contribution in [3.05, 3.63) is 40.3 Å². The van der Waals surface area contributed by atoms with Gasteiger partial charge < -0.3 is 5.32 Å². The second kappa shape index (κ2) is 6.12. The number of hydrogen-bond donors (Lipinski definition) is 1. The molecule has 0 aliphatic heterocycles. The van der Waals surface area contributed by atoms with E-state index in [9.17, 15) is 0 Å². The minimum atomic E-state index is 0.212. The maximum absolute atomic E-state index is 8.82. The van der Waals surface area contributed by atoms with Crippen LogP contribution < -0.4 is 5.32 Å². The van der Waals surface area contributed by atoms with E-state index in [0.29, 0.717) is 11.6 Å². The molecule has 0 radical (unpaired) electrons. The molecular formula is C13H14N4S. The van der Waals surface area contributed by atoms with Gasteiger partial charge in [0.2, 0.25) is 5.95 Å². The Morgan fingerprint density at radius 3 is 3.06 bits per heavy atom. The topological polar surface area (TPSA) is 61.6 Å². The first-order valence-corrected chi connectivity index (χ1v) is 6.74. The first-order chi connectivity index (χ1) is 8.83. The quantitative estimate of drug-likeness (QED) is 0.893. The summed E-state index contributed by atoms with van der Waals surface area (Å²) in [4.78, 5) is 9.56. The Morgan fingerprint density at radius 2 is 2.39 bits per heavy atom. The fraction of sp³-hybridized carbons (Fsp3) is 0.308. The third kappa shape index (κ3) is 3.05. The SMILES string of the molecule is CCCC(Nc1nccc(C#N)n1)c1cccs1. The first-order valence-electron chi connectivity index (χ1n) is 5.86. The highest BCUT2D eigenvalue weighted by Gasteiger charge is 2.12. The summed E-state index contributed by atoms with van der Waals surface area (Å²) in [5, 5.41) is 14.2. The van der Waals surface area contributed by atoms with Gasteiger partial charge in [-0.2, -0.15) is 5.26 Å². The van der Waals surface area contributed by atoms with Gasteiger partial charge in [0.1, 0.15) is 11.8 Å². The van der Waals surface area contributed by atoms with Crippen LogP contribution in [0.25, 0.3) is 0 Å². The number of aromatic nitrogens is 2. The molecule has 0 aromatic carbocycles. The minimum absolute atomic E-state index is 0.212. The summed E-state index contributed by atoms with van der Waals surface area (Å²) in [5.41, 5.74) is 0.383. The molecule has 0 amide bonds. The Morgan fingerprint density at radius 1 is 1.50 bits per heavy atom. The maximum Gasteiger partial charge on any atom is 0.224 e. The molecule has 0 fully saturated rings. The number of nitrogens with zero attached hydrogens (tertiary/aromatic N) is 3. The highest BCUT2D eigenvalue weighted by molar-refractivity contribution is 7.10. The standard InChI is InChI=1S/C13H14N4S/c1-2-4-11(12-5-3-8-18-12)17-13-15-7-6-10(9-14)16-13/h3,5-8,11H,2,4H2,1H3,(H,15,16,17). The summed E-state index contributed by atoms with van der Waals surface area (Å²) in [6.07, 6.45) is 3.69. The molecule has 0 spiro atoms. The van der Waals surface area contributed by atoms with Crippen molar-refractivity contribution in [1.82, 2.24) is 9.97 Å². The molecule has 4 nitrogen and oxygen atoms in total. The molecule has 0 bridgehead atoms. The van der Waals surface area contributed by atoms with Crippen LogP contribution in [0.4, 0.5) is 5.95 Å². The fourth-order valence-electron chi connectivity index (χ4n) is 1.71. The zero-order chi connectivity index (χ0) is 12.8. The van der Waals surface area contributed by atoms with Crippen LogP contribution in [0, 0.1) is 11.3 Å². The van der Waals surface area contributed by atoms with E-state index in [4.69, 9.17) is 5.26 Å². The van der Waals surface area contributed by atoms with Crippen LogP contribution in [-0.2, 0) is 0 Å². The molecular weight excluding hydrogens is 244 g/mol. The van der Waals surface area contributed by atoms with Crippen molar-refractivity contribution >= 4 is 17.3 Å². The predicted octanol–water partition coefficient (Wildman–Crippen LogP) is 3.36. The van der Waals surface area contributed by atoms with Gasteiger partial charge in [0, 0.05) is 11.1 Å². The zero-order valence-corrected chi connectivity index (χ0v) is 10.9. The highest BCUT2D eigenvalue weighted by Crippen LogP contribution is 2.26. The molecule has 1 N–H and O–H groups in total. The molecule has 5 heteroatoms. The molecule has 2 aromatic heterocycles. The van der Waals surface area contributed by atoms with Crippen LogP contribution in [-0.4, -0.2) is 9.97 Å². The molecule has 2 rings (SSSR count). The van der Waals surface area contributed by atoms with Gasteiger partial charge in [0.25, 0.3) is 0 Å². The number of anilines is 1. The molecule has 1 atom stereocenters. The van der Waals surface area contributed by atoms with Crippen molar-refractivity contribution in [3.63, 3.8) is 0 Å². The van der Waals surface area contributed by atoms with Gasteiger partial charge in [-0.3, -0.25) is 0 Å². The van der Waals surface area contributed by atoms with E-state index in [1.807, 2.05) is 12.1 Å². The molecule has 1 unspecified atom stereocenters. The van der Waals surface area contributed by atoms with Gasteiger partial charge in [-0.1, -0.05) is 19.4 Å². The van der Waals surface area contributed by atoms with Crippen molar-refractivity contribution < 1.29 is 0 Å². The van der Waals surface area contributed by atoms with Crippen LogP contribution >= 0.6 is 11.3 Å². The van der Waals surface area contributed by atoms with Crippen molar-refractivity contribution in [2.75, 3.05) is 5.32 Å². The van der Waals surface area contributed by atoms with E-state index in [1.54, 1.807) is 23.6 Å². The average Bonchev–Trinajstić information content (AvgIpc) is 2.92. The molecule has 0 saturated heterocycles. The van der Waals surface area contributed by atoms with Crippen LogP contribution in [0.2, 0.25) is 0 Å². The molecule has 92 valence electrons. The Kier molecular flexibility index (Phi) is 4.26. The lowest BCUT2D eigenvalue weighted by Crippen LogP contribution is -2.11. The van der Waals surface area contributed by atoms with E-state index < -0.39 is 0 Å². The number of rotatable bonds is 5. The summed E-state index contributed by atoms with van der Waals surface area (Å²) in [7, 11) is 0. The Bertz CT molecular complexity index is 530. The Labute approximate surface area is 110 Å². The first kappa shape index (κ1) is 12.5. The molecule has 0 aliphatic carbocycles. The van der Waals surface area contributed by atoms with E-state index in [2.05, 4.69) is 33.7 Å². The predicted molar refractivity (Wildman–Crippen MR) is 72.3 cm³/mol.